The highest BCUT2D eigenvalue weighted by atomic mass is 32.1. The Balaban J connectivity index is 2.75. The molecule has 1 N–H and O–H groups in total. The van der Waals surface area contributed by atoms with Gasteiger partial charge in [-0.3, -0.25) is 4.79 Å². The van der Waals surface area contributed by atoms with Crippen molar-refractivity contribution in [3.05, 3.63) is 11.1 Å². The van der Waals surface area contributed by atoms with E-state index < -0.39 is 11.4 Å². The first kappa shape index (κ1) is 16.9. The first-order valence-electron chi connectivity index (χ1n) is 6.88. The maximum atomic E-state index is 11.3. The zero-order valence-corrected chi connectivity index (χ0v) is 13.8. The van der Waals surface area contributed by atoms with E-state index in [0.717, 1.165) is 31.2 Å². The Kier molecular flexibility index (Phi) is 5.95. The SMILES string of the molecule is CCN(CCCN(C)C)c1nc(C(C)(C)C(=O)O)cs1. The number of hydrogen-bond donors (Lipinski definition) is 1. The molecule has 0 fully saturated rings. The molecule has 1 aromatic rings. The Morgan fingerprint density at radius 1 is 1.40 bits per heavy atom. The number of aromatic nitrogens is 1. The molecule has 5 nitrogen and oxygen atoms in total. The monoisotopic (exact) mass is 299 g/mol. The molecule has 20 heavy (non-hydrogen) atoms. The van der Waals surface area contributed by atoms with Crippen LogP contribution in [0.3, 0.4) is 0 Å². The Bertz CT molecular complexity index is 443. The second kappa shape index (κ2) is 7.04. The van der Waals surface area contributed by atoms with Gasteiger partial charge in [0.05, 0.1) is 5.69 Å². The fraction of sp³-hybridized carbons (Fsp3) is 0.714. The normalized spacial score (nSPS) is 11.9. The van der Waals surface area contributed by atoms with Gasteiger partial charge in [-0.2, -0.15) is 0 Å². The lowest BCUT2D eigenvalue weighted by molar-refractivity contribution is -0.142. The average Bonchev–Trinajstić information content (AvgIpc) is 2.84. The number of hydrogen-bond acceptors (Lipinski definition) is 5. The first-order valence-corrected chi connectivity index (χ1v) is 7.76. The topological polar surface area (TPSA) is 56.7 Å². The molecule has 114 valence electrons. The van der Waals surface area contributed by atoms with E-state index >= 15 is 0 Å². The summed E-state index contributed by atoms with van der Waals surface area (Å²) in [5, 5.41) is 12.0. The van der Waals surface area contributed by atoms with E-state index in [1.54, 1.807) is 13.8 Å². The summed E-state index contributed by atoms with van der Waals surface area (Å²) in [6.45, 7) is 8.34. The third kappa shape index (κ3) is 4.18. The second-order valence-corrected chi connectivity index (χ2v) is 6.52. The van der Waals surface area contributed by atoms with Crippen LogP contribution in [0.25, 0.3) is 0 Å². The molecule has 0 atom stereocenters. The minimum Gasteiger partial charge on any atom is -0.481 e. The molecule has 0 bridgehead atoms. The van der Waals surface area contributed by atoms with Crippen LogP contribution < -0.4 is 4.90 Å². The average molecular weight is 299 g/mol. The van der Waals surface area contributed by atoms with E-state index in [4.69, 9.17) is 0 Å². The highest BCUT2D eigenvalue weighted by Crippen LogP contribution is 2.29. The molecule has 0 saturated heterocycles. The van der Waals surface area contributed by atoms with E-state index in [-0.39, 0.29) is 0 Å². The summed E-state index contributed by atoms with van der Waals surface area (Å²) in [5.74, 6) is -0.843. The van der Waals surface area contributed by atoms with Crippen LogP contribution in [0.1, 0.15) is 32.9 Å². The molecule has 1 rings (SSSR count). The summed E-state index contributed by atoms with van der Waals surface area (Å²) in [5.41, 5.74) is -0.297. The zero-order valence-electron chi connectivity index (χ0n) is 13.0. The summed E-state index contributed by atoms with van der Waals surface area (Å²) in [4.78, 5) is 20.2. The van der Waals surface area contributed by atoms with Gasteiger partial charge in [-0.25, -0.2) is 4.98 Å². The van der Waals surface area contributed by atoms with E-state index in [0.29, 0.717) is 5.69 Å². The molecular formula is C14H25N3O2S. The van der Waals surface area contributed by atoms with Crippen LogP contribution in [-0.2, 0) is 10.2 Å². The van der Waals surface area contributed by atoms with Crippen LogP contribution >= 0.6 is 11.3 Å². The van der Waals surface area contributed by atoms with Crippen molar-refractivity contribution >= 4 is 22.4 Å². The lowest BCUT2D eigenvalue weighted by Gasteiger charge is -2.21. The van der Waals surface area contributed by atoms with E-state index in [2.05, 4.69) is 35.8 Å². The number of carboxylic acids is 1. The smallest absolute Gasteiger partial charge is 0.315 e. The van der Waals surface area contributed by atoms with Crippen LogP contribution in [0.4, 0.5) is 5.13 Å². The Hall–Kier alpha value is -1.14. The van der Waals surface area contributed by atoms with Crippen LogP contribution in [0.15, 0.2) is 5.38 Å². The molecule has 6 heteroatoms. The number of rotatable bonds is 8. The summed E-state index contributed by atoms with van der Waals surface area (Å²) < 4.78 is 0. The van der Waals surface area contributed by atoms with Crippen molar-refractivity contribution < 1.29 is 9.90 Å². The molecule has 1 aromatic heterocycles. The summed E-state index contributed by atoms with van der Waals surface area (Å²) in [7, 11) is 4.13. The number of nitrogens with zero attached hydrogens (tertiary/aromatic N) is 3. The van der Waals surface area contributed by atoms with Gasteiger partial charge in [0.15, 0.2) is 5.13 Å². The molecule has 0 aromatic carbocycles. The Labute approximate surface area is 125 Å². The quantitative estimate of drug-likeness (QED) is 0.798. The van der Waals surface area contributed by atoms with Crippen molar-refractivity contribution in [2.75, 3.05) is 38.6 Å². The van der Waals surface area contributed by atoms with E-state index in [1.165, 1.54) is 11.3 Å². The number of aliphatic carboxylic acids is 1. The van der Waals surface area contributed by atoms with Gasteiger partial charge in [0.2, 0.25) is 0 Å². The fourth-order valence-electron chi connectivity index (χ4n) is 1.77. The molecule has 0 aliphatic carbocycles. The molecule has 0 aliphatic rings. The predicted octanol–water partition coefficient (Wildman–Crippen LogP) is 2.28. The molecule has 0 saturated carbocycles. The van der Waals surface area contributed by atoms with Crippen LogP contribution in [0.5, 0.6) is 0 Å². The van der Waals surface area contributed by atoms with Crippen molar-refractivity contribution in [1.29, 1.82) is 0 Å². The lowest BCUT2D eigenvalue weighted by Crippen LogP contribution is -2.30. The van der Waals surface area contributed by atoms with Gasteiger partial charge in [-0.1, -0.05) is 0 Å². The first-order chi connectivity index (χ1) is 9.28. The van der Waals surface area contributed by atoms with E-state index in [1.807, 2.05) is 5.38 Å². The maximum Gasteiger partial charge on any atom is 0.315 e. The third-order valence-corrected chi connectivity index (χ3v) is 4.25. The van der Waals surface area contributed by atoms with Gasteiger partial charge < -0.3 is 14.9 Å². The van der Waals surface area contributed by atoms with Crippen LogP contribution in [0.2, 0.25) is 0 Å². The van der Waals surface area contributed by atoms with Crippen LogP contribution in [0, 0.1) is 0 Å². The predicted molar refractivity (Wildman–Crippen MR) is 83.8 cm³/mol. The molecule has 0 radical (unpaired) electrons. The fourth-order valence-corrected chi connectivity index (χ4v) is 2.86. The number of carbonyl (C=O) groups is 1. The van der Waals surface area contributed by atoms with Crippen molar-refractivity contribution in [2.45, 2.75) is 32.6 Å². The van der Waals surface area contributed by atoms with Crippen molar-refractivity contribution in [3.8, 4) is 0 Å². The Morgan fingerprint density at radius 3 is 2.55 bits per heavy atom. The van der Waals surface area contributed by atoms with Crippen molar-refractivity contribution in [3.63, 3.8) is 0 Å². The van der Waals surface area contributed by atoms with Gasteiger partial charge >= 0.3 is 5.97 Å². The van der Waals surface area contributed by atoms with Crippen molar-refractivity contribution in [1.82, 2.24) is 9.88 Å². The standard InChI is InChI=1S/C14H25N3O2S/c1-6-17(9-7-8-16(4)5)13-15-11(10-20-13)14(2,3)12(18)19/h10H,6-9H2,1-5H3,(H,18,19). The highest BCUT2D eigenvalue weighted by molar-refractivity contribution is 7.13. The van der Waals surface area contributed by atoms with Gasteiger partial charge in [0, 0.05) is 18.5 Å². The van der Waals surface area contributed by atoms with Crippen LogP contribution in [-0.4, -0.2) is 54.7 Å². The molecule has 0 aliphatic heterocycles. The lowest BCUT2D eigenvalue weighted by atomic mass is 9.90. The molecule has 0 amide bonds. The number of thiazole rings is 1. The van der Waals surface area contributed by atoms with Gasteiger partial charge in [0.1, 0.15) is 5.41 Å². The second-order valence-electron chi connectivity index (χ2n) is 5.68. The molecule has 1 heterocycles. The largest absolute Gasteiger partial charge is 0.481 e. The minimum atomic E-state index is -0.933. The van der Waals surface area contributed by atoms with Gasteiger partial charge in [-0.05, 0) is 47.8 Å². The van der Waals surface area contributed by atoms with Gasteiger partial charge in [0.25, 0.3) is 0 Å². The van der Waals surface area contributed by atoms with Crippen molar-refractivity contribution in [2.24, 2.45) is 0 Å². The molecular weight excluding hydrogens is 274 g/mol. The highest BCUT2D eigenvalue weighted by Gasteiger charge is 2.32. The van der Waals surface area contributed by atoms with E-state index in [9.17, 15) is 9.90 Å². The summed E-state index contributed by atoms with van der Waals surface area (Å²) in [6.07, 6.45) is 1.07. The number of carboxylic acid groups (broad SMARTS) is 1. The minimum absolute atomic E-state index is 0.635. The van der Waals surface area contributed by atoms with Gasteiger partial charge in [-0.15, -0.1) is 11.3 Å². The molecule has 0 spiro atoms. The summed E-state index contributed by atoms with van der Waals surface area (Å²) in [6, 6.07) is 0. The summed E-state index contributed by atoms with van der Waals surface area (Å²) >= 11 is 1.52. The Morgan fingerprint density at radius 2 is 2.05 bits per heavy atom. The third-order valence-electron chi connectivity index (χ3n) is 3.35. The molecule has 0 unspecified atom stereocenters. The maximum absolute atomic E-state index is 11.3. The number of anilines is 1. The zero-order chi connectivity index (χ0) is 15.3.